The van der Waals surface area contributed by atoms with E-state index in [2.05, 4.69) is 8.75 Å². The topological polar surface area (TPSA) is 78.4 Å². The first-order valence-corrected chi connectivity index (χ1v) is 8.45. The Bertz CT molecular complexity index is 935. The summed E-state index contributed by atoms with van der Waals surface area (Å²) in [5, 5.41) is 0. The quantitative estimate of drug-likeness (QED) is 0.682. The number of ether oxygens (including phenoxy) is 1. The van der Waals surface area contributed by atoms with Crippen LogP contribution < -0.4 is 8.92 Å². The minimum atomic E-state index is -4.03. The molecule has 0 unspecified atom stereocenters. The molecule has 3 rings (SSSR count). The average Bonchev–Trinajstić information content (AvgIpc) is 2.97. The van der Waals surface area contributed by atoms with E-state index in [1.807, 2.05) is 6.92 Å². The summed E-state index contributed by atoms with van der Waals surface area (Å²) < 4.78 is 43.5. The molecular weight excluding hydrogens is 324 g/mol. The van der Waals surface area contributed by atoms with Crippen molar-refractivity contribution in [3.8, 4) is 11.5 Å². The fourth-order valence-electron chi connectivity index (χ4n) is 1.99. The zero-order valence-electron chi connectivity index (χ0n) is 11.8. The molecule has 6 nitrogen and oxygen atoms in total. The number of rotatable bonds is 4. The monoisotopic (exact) mass is 336 g/mol. The molecule has 0 bridgehead atoms. The maximum absolute atomic E-state index is 12.5. The Balaban J connectivity index is 2.06. The van der Waals surface area contributed by atoms with Crippen LogP contribution in [0, 0.1) is 6.92 Å². The molecule has 0 aliphatic heterocycles. The Labute approximate surface area is 131 Å². The standard InChI is InChI=1S/C14H12N2O4S2/c1-9-6-7-11(12(8-9)19-2)20-22(17,18)13-5-3-4-10-14(13)16-21-15-10/h3-8H,1-2H3. The minimum Gasteiger partial charge on any atom is -0.493 e. The van der Waals surface area contributed by atoms with Crippen LogP contribution in [0.1, 0.15) is 5.56 Å². The molecule has 0 saturated heterocycles. The van der Waals surface area contributed by atoms with E-state index >= 15 is 0 Å². The summed E-state index contributed by atoms with van der Waals surface area (Å²) in [7, 11) is -2.57. The molecule has 1 heterocycles. The minimum absolute atomic E-state index is 0.0126. The third-order valence-electron chi connectivity index (χ3n) is 3.04. The second-order valence-electron chi connectivity index (χ2n) is 4.58. The molecule has 2 aromatic carbocycles. The van der Waals surface area contributed by atoms with Gasteiger partial charge in [-0.25, -0.2) is 0 Å². The van der Waals surface area contributed by atoms with Crippen molar-refractivity contribution in [1.82, 2.24) is 8.75 Å². The summed E-state index contributed by atoms with van der Waals surface area (Å²) in [4.78, 5) is -0.0126. The van der Waals surface area contributed by atoms with Gasteiger partial charge in [0, 0.05) is 0 Å². The highest BCUT2D eigenvalue weighted by Gasteiger charge is 2.23. The summed E-state index contributed by atoms with van der Waals surface area (Å²) >= 11 is 0.954. The van der Waals surface area contributed by atoms with Gasteiger partial charge >= 0.3 is 10.1 Å². The summed E-state index contributed by atoms with van der Waals surface area (Å²) in [5.74, 6) is 0.487. The van der Waals surface area contributed by atoms with Crippen LogP contribution in [0.15, 0.2) is 41.3 Å². The molecular formula is C14H12N2O4S2. The van der Waals surface area contributed by atoms with Gasteiger partial charge in [-0.2, -0.15) is 17.2 Å². The van der Waals surface area contributed by atoms with Crippen molar-refractivity contribution in [1.29, 1.82) is 0 Å². The van der Waals surface area contributed by atoms with Gasteiger partial charge in [0.1, 0.15) is 15.9 Å². The average molecular weight is 336 g/mol. The highest BCUT2D eigenvalue weighted by molar-refractivity contribution is 7.87. The first kappa shape index (κ1) is 14.7. The summed E-state index contributed by atoms with van der Waals surface area (Å²) in [5.41, 5.74) is 1.76. The molecule has 0 saturated carbocycles. The molecule has 1 aromatic heterocycles. The molecule has 0 spiro atoms. The van der Waals surface area contributed by atoms with E-state index in [4.69, 9.17) is 8.92 Å². The molecule has 0 atom stereocenters. The maximum atomic E-state index is 12.5. The largest absolute Gasteiger partial charge is 0.493 e. The highest BCUT2D eigenvalue weighted by Crippen LogP contribution is 2.31. The maximum Gasteiger partial charge on any atom is 0.341 e. The molecule has 0 fully saturated rings. The van der Waals surface area contributed by atoms with E-state index in [0.717, 1.165) is 17.3 Å². The number of fused-ring (bicyclic) bond motifs is 1. The van der Waals surface area contributed by atoms with Crippen LogP contribution in [0.2, 0.25) is 0 Å². The van der Waals surface area contributed by atoms with Gasteiger partial charge in [-0.15, -0.1) is 0 Å². The number of hydrogen-bond donors (Lipinski definition) is 0. The second kappa shape index (κ2) is 5.54. The van der Waals surface area contributed by atoms with Crippen LogP contribution in [-0.2, 0) is 10.1 Å². The first-order chi connectivity index (χ1) is 10.5. The van der Waals surface area contributed by atoms with Crippen LogP contribution in [0.25, 0.3) is 11.0 Å². The van der Waals surface area contributed by atoms with Gasteiger partial charge in [0.05, 0.1) is 18.8 Å². The van der Waals surface area contributed by atoms with Crippen LogP contribution >= 0.6 is 11.7 Å². The van der Waals surface area contributed by atoms with Crippen molar-refractivity contribution in [2.45, 2.75) is 11.8 Å². The zero-order valence-corrected chi connectivity index (χ0v) is 13.4. The number of hydrogen-bond acceptors (Lipinski definition) is 7. The van der Waals surface area contributed by atoms with Crippen molar-refractivity contribution < 1.29 is 17.3 Å². The molecule has 0 aliphatic rings. The van der Waals surface area contributed by atoms with Crippen LogP contribution in [-0.4, -0.2) is 24.3 Å². The molecule has 0 amide bonds. The Morgan fingerprint density at radius 1 is 1.09 bits per heavy atom. The molecule has 3 aromatic rings. The van der Waals surface area contributed by atoms with E-state index in [1.54, 1.807) is 30.3 Å². The van der Waals surface area contributed by atoms with Gasteiger partial charge in [0.25, 0.3) is 0 Å². The van der Waals surface area contributed by atoms with Crippen molar-refractivity contribution in [2.75, 3.05) is 7.11 Å². The number of methoxy groups -OCH3 is 1. The Kier molecular flexibility index (Phi) is 3.71. The van der Waals surface area contributed by atoms with E-state index in [9.17, 15) is 8.42 Å². The number of benzene rings is 2. The van der Waals surface area contributed by atoms with Crippen LogP contribution in [0.4, 0.5) is 0 Å². The fourth-order valence-corrected chi connectivity index (χ4v) is 3.69. The Morgan fingerprint density at radius 3 is 2.68 bits per heavy atom. The Morgan fingerprint density at radius 2 is 1.91 bits per heavy atom. The lowest BCUT2D eigenvalue weighted by Crippen LogP contribution is -2.11. The highest BCUT2D eigenvalue weighted by atomic mass is 32.2. The first-order valence-electron chi connectivity index (χ1n) is 6.32. The number of aromatic nitrogens is 2. The lowest BCUT2D eigenvalue weighted by Gasteiger charge is -2.11. The van der Waals surface area contributed by atoms with Gasteiger partial charge in [-0.05, 0) is 36.8 Å². The van der Waals surface area contributed by atoms with Gasteiger partial charge in [-0.3, -0.25) is 0 Å². The van der Waals surface area contributed by atoms with E-state index in [-0.39, 0.29) is 10.6 Å². The van der Waals surface area contributed by atoms with Gasteiger partial charge in [0.15, 0.2) is 11.5 Å². The summed E-state index contributed by atoms with van der Waals surface area (Å²) in [6.45, 7) is 1.88. The lowest BCUT2D eigenvalue weighted by atomic mass is 10.2. The van der Waals surface area contributed by atoms with Crippen molar-refractivity contribution in [2.24, 2.45) is 0 Å². The molecule has 22 heavy (non-hydrogen) atoms. The lowest BCUT2D eigenvalue weighted by molar-refractivity contribution is 0.390. The fraction of sp³-hybridized carbons (Fsp3) is 0.143. The van der Waals surface area contributed by atoms with Crippen molar-refractivity contribution in [3.63, 3.8) is 0 Å². The molecule has 8 heteroatoms. The third kappa shape index (κ3) is 2.62. The second-order valence-corrected chi connectivity index (χ2v) is 6.62. The molecule has 0 N–H and O–H groups in total. The predicted molar refractivity (Wildman–Crippen MR) is 83.0 cm³/mol. The number of nitrogens with zero attached hydrogens (tertiary/aromatic N) is 2. The van der Waals surface area contributed by atoms with E-state index in [0.29, 0.717) is 16.8 Å². The van der Waals surface area contributed by atoms with Gasteiger partial charge < -0.3 is 8.92 Å². The molecule has 114 valence electrons. The normalized spacial score (nSPS) is 11.5. The third-order valence-corrected chi connectivity index (χ3v) is 4.85. The summed E-state index contributed by atoms with van der Waals surface area (Å²) in [6, 6.07) is 9.76. The smallest absolute Gasteiger partial charge is 0.341 e. The zero-order chi connectivity index (χ0) is 15.7. The molecule has 0 aliphatic carbocycles. The Hall–Kier alpha value is -2.19. The van der Waals surface area contributed by atoms with Crippen molar-refractivity contribution >= 4 is 32.9 Å². The van der Waals surface area contributed by atoms with E-state index in [1.165, 1.54) is 13.2 Å². The van der Waals surface area contributed by atoms with E-state index < -0.39 is 10.1 Å². The molecule has 0 radical (unpaired) electrons. The van der Waals surface area contributed by atoms with Crippen LogP contribution in [0.5, 0.6) is 11.5 Å². The summed E-state index contributed by atoms with van der Waals surface area (Å²) in [6.07, 6.45) is 0. The SMILES string of the molecule is COc1cc(C)ccc1OS(=O)(=O)c1cccc2nsnc12. The van der Waals surface area contributed by atoms with Gasteiger partial charge in [-0.1, -0.05) is 12.1 Å². The van der Waals surface area contributed by atoms with Gasteiger partial charge in [0.2, 0.25) is 0 Å². The van der Waals surface area contributed by atoms with Crippen LogP contribution in [0.3, 0.4) is 0 Å². The van der Waals surface area contributed by atoms with Crippen molar-refractivity contribution in [3.05, 3.63) is 42.0 Å². The predicted octanol–water partition coefficient (Wildman–Crippen LogP) is 2.78. The number of aryl methyl sites for hydroxylation is 1.